The van der Waals surface area contributed by atoms with Crippen molar-refractivity contribution in [1.29, 1.82) is 0 Å². The molecule has 4 aromatic rings. The molecule has 0 amide bonds. The Morgan fingerprint density at radius 1 is 0.351 bits per heavy atom. The predicted molar refractivity (Wildman–Crippen MR) is 133 cm³/mol. The first-order valence-electron chi connectivity index (χ1n) is 11.5. The van der Waals surface area contributed by atoms with E-state index in [-0.39, 0.29) is 22.3 Å². The summed E-state index contributed by atoms with van der Waals surface area (Å²) in [6.45, 7) is 0. The Balaban J connectivity index is 2.20. The monoisotopic (exact) mass is 504 g/mol. The third-order valence-corrected chi connectivity index (χ3v) is 6.47. The largest absolute Gasteiger partial charge is 0.364 e. The molecule has 0 saturated carbocycles. The Hall–Kier alpha value is -3.44. The van der Waals surface area contributed by atoms with Gasteiger partial charge in [0.05, 0.1) is 5.41 Å². The van der Waals surface area contributed by atoms with Crippen molar-refractivity contribution in [2.75, 3.05) is 0 Å². The van der Waals surface area contributed by atoms with Crippen molar-refractivity contribution in [3.8, 4) is 0 Å². The number of aliphatic hydroxyl groups is 8. The summed E-state index contributed by atoms with van der Waals surface area (Å²) in [7, 11) is 0. The summed E-state index contributed by atoms with van der Waals surface area (Å²) in [6.07, 6.45) is -7.11. The van der Waals surface area contributed by atoms with E-state index in [0.29, 0.717) is 22.3 Å². The molecule has 0 radical (unpaired) electrons. The molecule has 4 aromatic carbocycles. The summed E-state index contributed by atoms with van der Waals surface area (Å²) in [5.74, 6) is 0. The predicted octanol–water partition coefficient (Wildman–Crippen LogP) is 2.00. The zero-order valence-electron chi connectivity index (χ0n) is 19.6. The van der Waals surface area contributed by atoms with Crippen molar-refractivity contribution in [3.05, 3.63) is 142 Å². The van der Waals surface area contributed by atoms with E-state index in [1.807, 2.05) is 0 Å². The van der Waals surface area contributed by atoms with Gasteiger partial charge in [-0.15, -0.1) is 0 Å². The topological polar surface area (TPSA) is 162 Å². The van der Waals surface area contributed by atoms with Crippen molar-refractivity contribution in [2.45, 2.75) is 30.6 Å². The van der Waals surface area contributed by atoms with Crippen LogP contribution in [-0.4, -0.2) is 40.9 Å². The Kier molecular flexibility index (Phi) is 7.84. The molecule has 0 spiro atoms. The third-order valence-electron chi connectivity index (χ3n) is 6.47. The highest BCUT2D eigenvalue weighted by Gasteiger charge is 2.40. The molecule has 0 saturated heterocycles. The van der Waals surface area contributed by atoms with Gasteiger partial charge in [0.1, 0.15) is 0 Å². The Bertz CT molecular complexity index is 1150. The highest BCUT2D eigenvalue weighted by atomic mass is 16.5. The zero-order chi connectivity index (χ0) is 26.7. The lowest BCUT2D eigenvalue weighted by Crippen LogP contribution is -2.32. The van der Waals surface area contributed by atoms with E-state index in [1.165, 1.54) is 24.3 Å². The molecule has 0 fully saturated rings. The van der Waals surface area contributed by atoms with Crippen molar-refractivity contribution < 1.29 is 40.9 Å². The first kappa shape index (κ1) is 26.6. The fraction of sp³-hybridized carbons (Fsp3) is 0.172. The van der Waals surface area contributed by atoms with Gasteiger partial charge in [0, 0.05) is 22.3 Å². The van der Waals surface area contributed by atoms with Crippen LogP contribution in [0.2, 0.25) is 0 Å². The van der Waals surface area contributed by atoms with Gasteiger partial charge in [0.2, 0.25) is 0 Å². The van der Waals surface area contributed by atoms with Gasteiger partial charge in [-0.3, -0.25) is 0 Å². The van der Waals surface area contributed by atoms with Crippen LogP contribution in [0.15, 0.2) is 97.1 Å². The zero-order valence-corrected chi connectivity index (χ0v) is 19.6. The standard InChI is InChI=1S/C29H28O8/c30-25(31)17-5-1-9-21(13-17)29(22-10-2-6-18(14-22)26(32)33,23-11-3-7-19(15-23)27(34)35)24-12-4-8-20(16-24)28(36)37/h1-16,25-28,30-37H. The van der Waals surface area contributed by atoms with Crippen molar-refractivity contribution >= 4 is 0 Å². The van der Waals surface area contributed by atoms with E-state index in [9.17, 15) is 40.9 Å². The van der Waals surface area contributed by atoms with Gasteiger partial charge >= 0.3 is 0 Å². The molecule has 0 aromatic heterocycles. The number of benzene rings is 4. The summed E-state index contributed by atoms with van der Waals surface area (Å²) in [5.41, 5.74) is 1.55. The van der Waals surface area contributed by atoms with Crippen LogP contribution in [0.25, 0.3) is 0 Å². The maximum atomic E-state index is 9.93. The molecule has 4 rings (SSSR count). The lowest BCUT2D eigenvalue weighted by atomic mass is 9.64. The van der Waals surface area contributed by atoms with Gasteiger partial charge in [-0.05, 0) is 46.5 Å². The molecule has 37 heavy (non-hydrogen) atoms. The second-order valence-corrected chi connectivity index (χ2v) is 8.75. The molecule has 0 bridgehead atoms. The summed E-state index contributed by atoms with van der Waals surface area (Å²) >= 11 is 0. The minimum absolute atomic E-state index is 0.192. The molecule has 0 aliphatic rings. The summed E-state index contributed by atoms with van der Waals surface area (Å²) in [6, 6.07) is 26.0. The first-order valence-corrected chi connectivity index (χ1v) is 11.5. The average molecular weight is 505 g/mol. The van der Waals surface area contributed by atoms with Crippen LogP contribution in [0.4, 0.5) is 0 Å². The Morgan fingerprint density at radius 2 is 0.568 bits per heavy atom. The van der Waals surface area contributed by atoms with Crippen LogP contribution in [0.5, 0.6) is 0 Å². The van der Waals surface area contributed by atoms with Gasteiger partial charge < -0.3 is 40.9 Å². The number of aliphatic hydroxyl groups excluding tert-OH is 4. The molecule has 0 aliphatic heterocycles. The fourth-order valence-corrected chi connectivity index (χ4v) is 4.73. The second kappa shape index (κ2) is 10.9. The van der Waals surface area contributed by atoms with E-state index >= 15 is 0 Å². The van der Waals surface area contributed by atoms with E-state index < -0.39 is 30.6 Å². The van der Waals surface area contributed by atoms with E-state index in [2.05, 4.69) is 0 Å². The quantitative estimate of drug-likeness (QED) is 0.133. The smallest absolute Gasteiger partial charge is 0.178 e. The van der Waals surface area contributed by atoms with E-state index in [4.69, 9.17) is 0 Å². The number of hydrogen-bond donors (Lipinski definition) is 8. The lowest BCUT2D eigenvalue weighted by molar-refractivity contribution is -0.0430. The number of rotatable bonds is 8. The van der Waals surface area contributed by atoms with Gasteiger partial charge in [0.15, 0.2) is 25.2 Å². The highest BCUT2D eigenvalue weighted by molar-refractivity contribution is 5.61. The van der Waals surface area contributed by atoms with Crippen molar-refractivity contribution in [1.82, 2.24) is 0 Å². The van der Waals surface area contributed by atoms with E-state index in [1.54, 1.807) is 72.8 Å². The number of hydrogen-bond acceptors (Lipinski definition) is 8. The SMILES string of the molecule is OC(O)c1cccc(C(c2cccc(C(O)O)c2)(c2cccc(C(O)O)c2)c2cccc(C(O)O)c2)c1. The van der Waals surface area contributed by atoms with Crippen molar-refractivity contribution in [3.63, 3.8) is 0 Å². The second-order valence-electron chi connectivity index (χ2n) is 8.75. The molecular formula is C29H28O8. The van der Waals surface area contributed by atoms with Gasteiger partial charge in [0.25, 0.3) is 0 Å². The summed E-state index contributed by atoms with van der Waals surface area (Å²) in [5, 5.41) is 79.5. The average Bonchev–Trinajstić information content (AvgIpc) is 2.90. The van der Waals surface area contributed by atoms with Gasteiger partial charge in [-0.2, -0.15) is 0 Å². The molecule has 0 aliphatic carbocycles. The van der Waals surface area contributed by atoms with Gasteiger partial charge in [-0.1, -0.05) is 72.8 Å². The molecule has 8 heteroatoms. The Morgan fingerprint density at radius 3 is 0.757 bits per heavy atom. The molecule has 0 heterocycles. The van der Waals surface area contributed by atoms with Crippen LogP contribution < -0.4 is 0 Å². The molecule has 8 nitrogen and oxygen atoms in total. The minimum Gasteiger partial charge on any atom is -0.364 e. The molecule has 0 atom stereocenters. The first-order chi connectivity index (χ1) is 17.6. The van der Waals surface area contributed by atoms with Crippen LogP contribution in [0, 0.1) is 0 Å². The minimum atomic E-state index is -1.78. The summed E-state index contributed by atoms with van der Waals surface area (Å²) in [4.78, 5) is 0. The fourth-order valence-electron chi connectivity index (χ4n) is 4.73. The maximum Gasteiger partial charge on any atom is 0.178 e. The Labute approximate surface area is 213 Å². The third kappa shape index (κ3) is 5.19. The van der Waals surface area contributed by atoms with Crippen LogP contribution in [0.3, 0.4) is 0 Å². The molecule has 192 valence electrons. The van der Waals surface area contributed by atoms with Crippen molar-refractivity contribution in [2.24, 2.45) is 0 Å². The highest BCUT2D eigenvalue weighted by Crippen LogP contribution is 2.47. The van der Waals surface area contributed by atoms with Crippen LogP contribution >= 0.6 is 0 Å². The van der Waals surface area contributed by atoms with Gasteiger partial charge in [-0.25, -0.2) is 0 Å². The van der Waals surface area contributed by atoms with E-state index in [0.717, 1.165) is 0 Å². The van der Waals surface area contributed by atoms with Crippen LogP contribution in [0.1, 0.15) is 69.7 Å². The normalized spacial score (nSPS) is 12.2. The maximum absolute atomic E-state index is 9.93. The molecular weight excluding hydrogens is 476 g/mol. The lowest BCUT2D eigenvalue weighted by Gasteiger charge is -2.38. The molecule has 0 unspecified atom stereocenters. The van der Waals surface area contributed by atoms with Crippen LogP contribution in [-0.2, 0) is 5.41 Å². The summed E-state index contributed by atoms with van der Waals surface area (Å²) < 4.78 is 0. The molecule has 8 N–H and O–H groups in total.